The Balaban J connectivity index is 2.06. The Hall–Kier alpha value is -1.07. The second-order valence-corrected chi connectivity index (χ2v) is 4.08. The number of ether oxygens (including phenoxy) is 1. The molecular weight excluding hydrogens is 228 g/mol. The third kappa shape index (κ3) is 2.74. The molecule has 1 aromatic rings. The van der Waals surface area contributed by atoms with Crippen LogP contribution in [0.5, 0.6) is 0 Å². The van der Waals surface area contributed by atoms with Crippen molar-refractivity contribution < 1.29 is 4.74 Å². The van der Waals surface area contributed by atoms with E-state index in [9.17, 15) is 0 Å². The minimum Gasteiger partial charge on any atom is -0.381 e. The van der Waals surface area contributed by atoms with Gasteiger partial charge >= 0.3 is 0 Å². The number of nitrogens with one attached hydrogen (secondary N) is 2. The summed E-state index contributed by atoms with van der Waals surface area (Å²) >= 11 is 6.03. The second kappa shape index (κ2) is 5.32. The van der Waals surface area contributed by atoms with E-state index in [1.54, 1.807) is 13.2 Å². The van der Waals surface area contributed by atoms with Crippen LogP contribution in [0.25, 0.3) is 0 Å². The fraction of sp³-hybridized carbons (Fsp3) is 0.600. The van der Waals surface area contributed by atoms with Crippen molar-refractivity contribution in [3.8, 4) is 0 Å². The molecule has 5 nitrogen and oxygen atoms in total. The van der Waals surface area contributed by atoms with Gasteiger partial charge in [0.25, 0.3) is 0 Å². The van der Waals surface area contributed by atoms with E-state index < -0.39 is 0 Å². The van der Waals surface area contributed by atoms with Crippen LogP contribution in [0.3, 0.4) is 0 Å². The Morgan fingerprint density at radius 2 is 2.19 bits per heavy atom. The number of halogens is 1. The average molecular weight is 243 g/mol. The fourth-order valence-corrected chi connectivity index (χ4v) is 1.77. The van der Waals surface area contributed by atoms with E-state index in [-0.39, 0.29) is 0 Å². The quantitative estimate of drug-likeness (QED) is 0.846. The monoisotopic (exact) mass is 242 g/mol. The highest BCUT2D eigenvalue weighted by atomic mass is 35.5. The standard InChI is InChI=1S/C10H15ClN4O/c1-12-10-13-6-8(11)9(15-10)14-7-2-4-16-5-3-7/h6-7H,2-5H2,1H3,(H2,12,13,14,15). The highest BCUT2D eigenvalue weighted by Gasteiger charge is 2.15. The van der Waals surface area contributed by atoms with E-state index >= 15 is 0 Å². The van der Waals surface area contributed by atoms with Crippen LogP contribution in [0.2, 0.25) is 5.02 Å². The summed E-state index contributed by atoms with van der Waals surface area (Å²) in [4.78, 5) is 8.31. The molecule has 6 heteroatoms. The van der Waals surface area contributed by atoms with Gasteiger partial charge in [-0.25, -0.2) is 4.98 Å². The Labute approximate surface area is 99.6 Å². The molecule has 2 heterocycles. The van der Waals surface area contributed by atoms with Crippen molar-refractivity contribution in [3.05, 3.63) is 11.2 Å². The molecule has 2 N–H and O–H groups in total. The van der Waals surface area contributed by atoms with Crippen molar-refractivity contribution >= 4 is 23.4 Å². The molecule has 0 radical (unpaired) electrons. The van der Waals surface area contributed by atoms with Crippen LogP contribution < -0.4 is 10.6 Å². The van der Waals surface area contributed by atoms with Gasteiger partial charge in [-0.05, 0) is 12.8 Å². The predicted molar refractivity (Wildman–Crippen MR) is 64.1 cm³/mol. The van der Waals surface area contributed by atoms with Gasteiger partial charge in [0.15, 0.2) is 5.82 Å². The van der Waals surface area contributed by atoms with Crippen LogP contribution in [0, 0.1) is 0 Å². The van der Waals surface area contributed by atoms with Crippen molar-refractivity contribution in [2.75, 3.05) is 30.9 Å². The number of hydrogen-bond acceptors (Lipinski definition) is 5. The fourth-order valence-electron chi connectivity index (χ4n) is 1.62. The Morgan fingerprint density at radius 1 is 1.44 bits per heavy atom. The van der Waals surface area contributed by atoms with Crippen LogP contribution in [-0.4, -0.2) is 36.3 Å². The minimum atomic E-state index is 0.380. The maximum atomic E-state index is 6.03. The maximum absolute atomic E-state index is 6.03. The van der Waals surface area contributed by atoms with Crippen molar-refractivity contribution in [1.29, 1.82) is 0 Å². The Kier molecular flexibility index (Phi) is 3.79. The summed E-state index contributed by atoms with van der Waals surface area (Å²) in [6.45, 7) is 1.58. The van der Waals surface area contributed by atoms with Gasteiger partial charge in [0.05, 0.1) is 6.20 Å². The average Bonchev–Trinajstić information content (AvgIpc) is 2.33. The Bertz CT molecular complexity index is 355. The normalized spacial score (nSPS) is 17.1. The molecule has 1 fully saturated rings. The largest absolute Gasteiger partial charge is 0.381 e. The third-order valence-electron chi connectivity index (χ3n) is 2.53. The van der Waals surface area contributed by atoms with Crippen molar-refractivity contribution in [2.24, 2.45) is 0 Å². The van der Waals surface area contributed by atoms with Crippen molar-refractivity contribution in [2.45, 2.75) is 18.9 Å². The summed E-state index contributed by atoms with van der Waals surface area (Å²) in [5.74, 6) is 1.26. The molecule has 0 saturated carbocycles. The first-order chi connectivity index (χ1) is 7.79. The molecule has 0 aliphatic carbocycles. The zero-order valence-electron chi connectivity index (χ0n) is 9.16. The van der Waals surface area contributed by atoms with E-state index in [0.29, 0.717) is 22.8 Å². The van der Waals surface area contributed by atoms with E-state index in [1.165, 1.54) is 0 Å². The molecule has 0 spiro atoms. The highest BCUT2D eigenvalue weighted by molar-refractivity contribution is 6.32. The number of rotatable bonds is 3. The first-order valence-corrected chi connectivity index (χ1v) is 5.72. The number of anilines is 2. The molecule has 0 bridgehead atoms. The van der Waals surface area contributed by atoms with E-state index in [2.05, 4.69) is 20.6 Å². The lowest BCUT2D eigenvalue weighted by Gasteiger charge is -2.24. The number of nitrogens with zero attached hydrogens (tertiary/aromatic N) is 2. The molecule has 16 heavy (non-hydrogen) atoms. The van der Waals surface area contributed by atoms with Crippen LogP contribution in [0.4, 0.5) is 11.8 Å². The lowest BCUT2D eigenvalue weighted by molar-refractivity contribution is 0.0904. The summed E-state index contributed by atoms with van der Waals surface area (Å²) in [6.07, 6.45) is 3.56. The smallest absolute Gasteiger partial charge is 0.224 e. The lowest BCUT2D eigenvalue weighted by atomic mass is 10.1. The highest BCUT2D eigenvalue weighted by Crippen LogP contribution is 2.22. The van der Waals surface area contributed by atoms with Gasteiger partial charge in [0.2, 0.25) is 5.95 Å². The molecule has 0 amide bonds. The van der Waals surface area contributed by atoms with E-state index in [0.717, 1.165) is 26.1 Å². The predicted octanol–water partition coefficient (Wildman–Crippen LogP) is 1.76. The van der Waals surface area contributed by atoms with Gasteiger partial charge in [-0.15, -0.1) is 0 Å². The van der Waals surface area contributed by atoms with E-state index in [1.807, 2.05) is 0 Å². The number of hydrogen-bond donors (Lipinski definition) is 2. The van der Waals surface area contributed by atoms with Gasteiger partial charge in [0, 0.05) is 26.3 Å². The molecule has 2 rings (SSSR count). The Morgan fingerprint density at radius 3 is 2.88 bits per heavy atom. The SMILES string of the molecule is CNc1ncc(Cl)c(NC2CCOCC2)n1. The van der Waals surface area contributed by atoms with Crippen LogP contribution in [0.15, 0.2) is 6.20 Å². The maximum Gasteiger partial charge on any atom is 0.224 e. The third-order valence-corrected chi connectivity index (χ3v) is 2.81. The molecule has 0 aromatic carbocycles. The molecule has 88 valence electrons. The van der Waals surface area contributed by atoms with Crippen LogP contribution >= 0.6 is 11.6 Å². The van der Waals surface area contributed by atoms with Crippen molar-refractivity contribution in [3.63, 3.8) is 0 Å². The first-order valence-electron chi connectivity index (χ1n) is 5.34. The summed E-state index contributed by atoms with van der Waals surface area (Å²) < 4.78 is 5.29. The number of aromatic nitrogens is 2. The molecule has 1 aliphatic rings. The summed E-state index contributed by atoms with van der Waals surface area (Å²) in [5.41, 5.74) is 0. The summed E-state index contributed by atoms with van der Waals surface area (Å²) in [5, 5.41) is 6.75. The van der Waals surface area contributed by atoms with Gasteiger partial charge in [-0.2, -0.15) is 4.98 Å². The van der Waals surface area contributed by atoms with Crippen LogP contribution in [0.1, 0.15) is 12.8 Å². The summed E-state index contributed by atoms with van der Waals surface area (Å²) in [6, 6.07) is 0.380. The molecule has 0 atom stereocenters. The lowest BCUT2D eigenvalue weighted by Crippen LogP contribution is -2.28. The zero-order chi connectivity index (χ0) is 11.4. The topological polar surface area (TPSA) is 59.1 Å². The minimum absolute atomic E-state index is 0.380. The molecule has 1 aliphatic heterocycles. The first kappa shape index (κ1) is 11.4. The van der Waals surface area contributed by atoms with Gasteiger partial charge in [-0.3, -0.25) is 0 Å². The molecular formula is C10H15ClN4O. The molecule has 0 unspecified atom stereocenters. The molecule has 1 saturated heterocycles. The van der Waals surface area contributed by atoms with Crippen LogP contribution in [-0.2, 0) is 4.74 Å². The van der Waals surface area contributed by atoms with E-state index in [4.69, 9.17) is 16.3 Å². The second-order valence-electron chi connectivity index (χ2n) is 3.67. The van der Waals surface area contributed by atoms with Gasteiger partial charge in [0.1, 0.15) is 5.02 Å². The molecule has 1 aromatic heterocycles. The van der Waals surface area contributed by atoms with Gasteiger partial charge < -0.3 is 15.4 Å². The van der Waals surface area contributed by atoms with Crippen molar-refractivity contribution in [1.82, 2.24) is 9.97 Å². The van der Waals surface area contributed by atoms with Gasteiger partial charge in [-0.1, -0.05) is 11.6 Å². The zero-order valence-corrected chi connectivity index (χ0v) is 9.92. The summed E-state index contributed by atoms with van der Waals surface area (Å²) in [7, 11) is 1.78.